The average molecular weight is 232 g/mol. The molecule has 5 nitrogen and oxygen atoms in total. The number of rotatable bonds is 8. The quantitative estimate of drug-likeness (QED) is 0.544. The Morgan fingerprint density at radius 3 is 2.62 bits per heavy atom. The van der Waals surface area contributed by atoms with Crippen molar-refractivity contribution in [3.63, 3.8) is 0 Å². The molecule has 16 heavy (non-hydrogen) atoms. The van der Waals surface area contributed by atoms with E-state index >= 15 is 0 Å². The number of nitrogens with two attached hydrogens (primary N) is 1. The van der Waals surface area contributed by atoms with Crippen LogP contribution in [0.2, 0.25) is 0 Å². The standard InChI is InChI=1S/C11H24N2O3/c1-8(2)10(12)6-11(15)13-5-4-9(14)7-16-3/h8-10,14H,4-7,12H2,1-3H3,(H,13,15). The Hall–Kier alpha value is -0.650. The minimum Gasteiger partial charge on any atom is -0.391 e. The first-order valence-electron chi connectivity index (χ1n) is 5.66. The van der Waals surface area contributed by atoms with Gasteiger partial charge in [-0.25, -0.2) is 0 Å². The molecule has 4 N–H and O–H groups in total. The summed E-state index contributed by atoms with van der Waals surface area (Å²) in [5.74, 6) is 0.232. The van der Waals surface area contributed by atoms with Crippen molar-refractivity contribution in [1.29, 1.82) is 0 Å². The van der Waals surface area contributed by atoms with Gasteiger partial charge in [-0.15, -0.1) is 0 Å². The van der Waals surface area contributed by atoms with Crippen LogP contribution >= 0.6 is 0 Å². The van der Waals surface area contributed by atoms with Crippen molar-refractivity contribution in [3.8, 4) is 0 Å². The highest BCUT2D eigenvalue weighted by Gasteiger charge is 2.12. The van der Waals surface area contributed by atoms with Crippen LogP contribution in [0.4, 0.5) is 0 Å². The Morgan fingerprint density at radius 2 is 2.12 bits per heavy atom. The van der Waals surface area contributed by atoms with Gasteiger partial charge in [-0.05, 0) is 12.3 Å². The van der Waals surface area contributed by atoms with Crippen molar-refractivity contribution >= 4 is 5.91 Å². The zero-order valence-electron chi connectivity index (χ0n) is 10.4. The van der Waals surface area contributed by atoms with Crippen molar-refractivity contribution in [3.05, 3.63) is 0 Å². The first kappa shape index (κ1) is 15.3. The summed E-state index contributed by atoms with van der Waals surface area (Å²) >= 11 is 0. The predicted octanol–water partition coefficient (Wildman–Crippen LogP) is -0.127. The number of hydrogen-bond acceptors (Lipinski definition) is 4. The van der Waals surface area contributed by atoms with Gasteiger partial charge in [0.2, 0.25) is 5.91 Å². The van der Waals surface area contributed by atoms with E-state index in [0.29, 0.717) is 31.9 Å². The minimum atomic E-state index is -0.524. The number of aliphatic hydroxyl groups is 1. The lowest BCUT2D eigenvalue weighted by molar-refractivity contribution is -0.121. The monoisotopic (exact) mass is 232 g/mol. The molecule has 0 aliphatic heterocycles. The second kappa shape index (κ2) is 8.50. The van der Waals surface area contributed by atoms with Crippen LogP contribution in [0, 0.1) is 5.92 Å². The maximum absolute atomic E-state index is 11.4. The van der Waals surface area contributed by atoms with E-state index < -0.39 is 6.10 Å². The molecule has 2 atom stereocenters. The Labute approximate surface area is 97.3 Å². The van der Waals surface area contributed by atoms with Gasteiger partial charge < -0.3 is 20.9 Å². The van der Waals surface area contributed by atoms with Gasteiger partial charge in [-0.1, -0.05) is 13.8 Å². The summed E-state index contributed by atoms with van der Waals surface area (Å²) in [5.41, 5.74) is 5.77. The Morgan fingerprint density at radius 1 is 1.50 bits per heavy atom. The predicted molar refractivity (Wildman–Crippen MR) is 62.9 cm³/mol. The highest BCUT2D eigenvalue weighted by molar-refractivity contribution is 5.76. The molecule has 0 bridgehead atoms. The molecule has 0 aromatic rings. The third-order valence-electron chi connectivity index (χ3n) is 2.44. The number of methoxy groups -OCH3 is 1. The lowest BCUT2D eigenvalue weighted by atomic mass is 10.0. The Balaban J connectivity index is 3.58. The summed E-state index contributed by atoms with van der Waals surface area (Å²) in [6.45, 7) is 4.72. The summed E-state index contributed by atoms with van der Waals surface area (Å²) < 4.78 is 4.77. The van der Waals surface area contributed by atoms with Crippen molar-refractivity contribution in [1.82, 2.24) is 5.32 Å². The van der Waals surface area contributed by atoms with Gasteiger partial charge in [-0.3, -0.25) is 4.79 Å². The van der Waals surface area contributed by atoms with Gasteiger partial charge in [0, 0.05) is 26.1 Å². The van der Waals surface area contributed by atoms with E-state index in [1.165, 1.54) is 7.11 Å². The summed E-state index contributed by atoms with van der Waals surface area (Å²) in [4.78, 5) is 11.4. The van der Waals surface area contributed by atoms with Gasteiger partial charge in [0.25, 0.3) is 0 Å². The second-order valence-electron chi connectivity index (χ2n) is 4.36. The molecule has 0 fully saturated rings. The lowest BCUT2D eigenvalue weighted by Crippen LogP contribution is -2.36. The molecule has 0 saturated carbocycles. The first-order chi connectivity index (χ1) is 7.47. The molecular formula is C11H24N2O3. The number of aliphatic hydroxyl groups excluding tert-OH is 1. The van der Waals surface area contributed by atoms with Crippen LogP contribution < -0.4 is 11.1 Å². The summed E-state index contributed by atoms with van der Waals surface area (Å²) in [6, 6.07) is -0.108. The molecule has 0 aliphatic carbocycles. The average Bonchev–Trinajstić information content (AvgIpc) is 2.17. The number of nitrogens with one attached hydrogen (secondary N) is 1. The molecule has 96 valence electrons. The molecule has 1 amide bonds. The summed E-state index contributed by atoms with van der Waals surface area (Å²) in [5, 5.41) is 12.1. The number of carbonyl (C=O) groups excluding carboxylic acids is 1. The number of hydrogen-bond donors (Lipinski definition) is 3. The fourth-order valence-electron chi connectivity index (χ4n) is 1.18. The molecule has 0 aromatic heterocycles. The van der Waals surface area contributed by atoms with Gasteiger partial charge in [-0.2, -0.15) is 0 Å². The van der Waals surface area contributed by atoms with E-state index in [1.807, 2.05) is 13.8 Å². The highest BCUT2D eigenvalue weighted by atomic mass is 16.5. The van der Waals surface area contributed by atoms with Crippen LogP contribution in [-0.4, -0.2) is 43.4 Å². The fourth-order valence-corrected chi connectivity index (χ4v) is 1.18. The van der Waals surface area contributed by atoms with E-state index in [0.717, 1.165) is 0 Å². The zero-order valence-corrected chi connectivity index (χ0v) is 10.4. The normalized spacial score (nSPS) is 14.9. The second-order valence-corrected chi connectivity index (χ2v) is 4.36. The molecule has 2 unspecified atom stereocenters. The van der Waals surface area contributed by atoms with Crippen LogP contribution in [0.25, 0.3) is 0 Å². The van der Waals surface area contributed by atoms with Gasteiger partial charge in [0.05, 0.1) is 12.7 Å². The molecule has 0 spiro atoms. The number of ether oxygens (including phenoxy) is 1. The van der Waals surface area contributed by atoms with Crippen LogP contribution in [0.15, 0.2) is 0 Å². The zero-order chi connectivity index (χ0) is 12.6. The third kappa shape index (κ3) is 7.62. The molecule has 0 aliphatic rings. The lowest BCUT2D eigenvalue weighted by Gasteiger charge is -2.15. The van der Waals surface area contributed by atoms with Crippen LogP contribution in [0.3, 0.4) is 0 Å². The summed E-state index contributed by atoms with van der Waals surface area (Å²) in [6.07, 6.45) is 0.304. The van der Waals surface area contributed by atoms with Crippen LogP contribution in [-0.2, 0) is 9.53 Å². The highest BCUT2D eigenvalue weighted by Crippen LogP contribution is 2.02. The number of amides is 1. The third-order valence-corrected chi connectivity index (χ3v) is 2.44. The molecule has 5 heteroatoms. The molecule has 0 radical (unpaired) electrons. The van der Waals surface area contributed by atoms with Gasteiger partial charge in [0.15, 0.2) is 0 Å². The van der Waals surface area contributed by atoms with Gasteiger partial charge in [0.1, 0.15) is 0 Å². The molecule has 0 rings (SSSR count). The minimum absolute atomic E-state index is 0.0641. The van der Waals surface area contributed by atoms with Crippen molar-refractivity contribution in [2.24, 2.45) is 11.7 Å². The molecule has 0 aromatic carbocycles. The molecule has 0 heterocycles. The van der Waals surface area contributed by atoms with E-state index in [2.05, 4.69) is 5.32 Å². The summed E-state index contributed by atoms with van der Waals surface area (Å²) in [7, 11) is 1.53. The van der Waals surface area contributed by atoms with Crippen molar-refractivity contribution in [2.45, 2.75) is 38.8 Å². The van der Waals surface area contributed by atoms with Gasteiger partial charge >= 0.3 is 0 Å². The maximum Gasteiger partial charge on any atom is 0.221 e. The Kier molecular flexibility index (Phi) is 8.15. The molecular weight excluding hydrogens is 208 g/mol. The number of carbonyl (C=O) groups is 1. The van der Waals surface area contributed by atoms with E-state index in [-0.39, 0.29) is 11.9 Å². The van der Waals surface area contributed by atoms with Crippen LogP contribution in [0.1, 0.15) is 26.7 Å². The van der Waals surface area contributed by atoms with Crippen molar-refractivity contribution < 1.29 is 14.6 Å². The fraction of sp³-hybridized carbons (Fsp3) is 0.909. The maximum atomic E-state index is 11.4. The topological polar surface area (TPSA) is 84.6 Å². The largest absolute Gasteiger partial charge is 0.391 e. The Bertz CT molecular complexity index is 198. The van der Waals surface area contributed by atoms with E-state index in [9.17, 15) is 9.90 Å². The molecule has 0 saturated heterocycles. The smallest absolute Gasteiger partial charge is 0.221 e. The van der Waals surface area contributed by atoms with Crippen molar-refractivity contribution in [2.75, 3.05) is 20.3 Å². The van der Waals surface area contributed by atoms with E-state index in [1.54, 1.807) is 0 Å². The first-order valence-corrected chi connectivity index (χ1v) is 5.66. The SMILES string of the molecule is COCC(O)CCNC(=O)CC(N)C(C)C. The van der Waals surface area contributed by atoms with E-state index in [4.69, 9.17) is 10.5 Å². The van der Waals surface area contributed by atoms with Crippen LogP contribution in [0.5, 0.6) is 0 Å².